The van der Waals surface area contributed by atoms with E-state index in [4.69, 9.17) is 17.3 Å². The molecule has 0 saturated heterocycles. The quantitative estimate of drug-likeness (QED) is 0.745. The van der Waals surface area contributed by atoms with Crippen molar-refractivity contribution in [2.45, 2.75) is 25.8 Å². The second-order valence-electron chi connectivity index (χ2n) is 4.15. The van der Waals surface area contributed by atoms with E-state index in [2.05, 4.69) is 5.32 Å². The zero-order chi connectivity index (χ0) is 12.6. The average Bonchev–Trinajstić information content (AvgIpc) is 2.26. The summed E-state index contributed by atoms with van der Waals surface area (Å²) in [7, 11) is 0. The summed E-state index contributed by atoms with van der Waals surface area (Å²) in [6, 6.07) is 2.83. The molecule has 17 heavy (non-hydrogen) atoms. The first kappa shape index (κ1) is 11.9. The van der Waals surface area contributed by atoms with Gasteiger partial charge in [0.1, 0.15) is 0 Å². The van der Waals surface area contributed by atoms with Gasteiger partial charge in [0, 0.05) is 23.2 Å². The number of carbonyl (C=O) groups is 2. The number of rotatable bonds is 1. The summed E-state index contributed by atoms with van der Waals surface area (Å²) in [5, 5.41) is 3.19. The highest BCUT2D eigenvalue weighted by atomic mass is 35.5. The van der Waals surface area contributed by atoms with E-state index < -0.39 is 6.04 Å². The van der Waals surface area contributed by atoms with Gasteiger partial charge in [-0.3, -0.25) is 9.59 Å². The number of ketones is 1. The zero-order valence-corrected chi connectivity index (χ0v) is 10.2. The maximum atomic E-state index is 12.2. The van der Waals surface area contributed by atoms with Crippen LogP contribution in [0.25, 0.3) is 0 Å². The molecule has 0 aromatic heterocycles. The van der Waals surface area contributed by atoms with Crippen molar-refractivity contribution in [1.29, 1.82) is 0 Å². The van der Waals surface area contributed by atoms with Crippen LogP contribution in [0.1, 0.15) is 29.3 Å². The third-order valence-electron chi connectivity index (χ3n) is 2.91. The average molecular weight is 253 g/mol. The summed E-state index contributed by atoms with van der Waals surface area (Å²) in [5.74, 6) is -0.367. The lowest BCUT2D eigenvalue weighted by atomic mass is 9.86. The van der Waals surface area contributed by atoms with Crippen LogP contribution in [0.5, 0.6) is 0 Å². The predicted octanol–water partition coefficient (Wildman–Crippen LogP) is 1.56. The molecule has 0 heterocycles. The maximum absolute atomic E-state index is 12.2. The molecule has 1 aromatic carbocycles. The Morgan fingerprint density at radius 3 is 2.88 bits per heavy atom. The van der Waals surface area contributed by atoms with Crippen molar-refractivity contribution in [2.24, 2.45) is 0 Å². The fraction of sp³-hybridized carbons (Fsp3) is 0.333. The SMILES string of the molecule is CC(=O)NC1CCc2c(Cl)ccc(N)c2C1=O. The predicted molar refractivity (Wildman–Crippen MR) is 66.1 cm³/mol. The second-order valence-corrected chi connectivity index (χ2v) is 4.55. The molecule has 0 spiro atoms. The monoisotopic (exact) mass is 252 g/mol. The van der Waals surface area contributed by atoms with Crippen molar-refractivity contribution in [3.8, 4) is 0 Å². The highest BCUT2D eigenvalue weighted by molar-refractivity contribution is 6.32. The third-order valence-corrected chi connectivity index (χ3v) is 3.27. The first-order valence-corrected chi connectivity index (χ1v) is 5.76. The molecule has 1 amide bonds. The molecule has 1 aliphatic rings. The van der Waals surface area contributed by atoms with E-state index in [0.29, 0.717) is 29.1 Å². The van der Waals surface area contributed by atoms with E-state index in [-0.39, 0.29) is 11.7 Å². The van der Waals surface area contributed by atoms with Crippen LogP contribution in [0.2, 0.25) is 5.02 Å². The van der Waals surface area contributed by atoms with Crippen LogP contribution < -0.4 is 11.1 Å². The maximum Gasteiger partial charge on any atom is 0.217 e. The van der Waals surface area contributed by atoms with Gasteiger partial charge >= 0.3 is 0 Å². The van der Waals surface area contributed by atoms with Crippen LogP contribution in [0.15, 0.2) is 12.1 Å². The second kappa shape index (κ2) is 4.37. The minimum Gasteiger partial charge on any atom is -0.398 e. The number of fused-ring (bicyclic) bond motifs is 1. The third kappa shape index (κ3) is 2.13. The molecule has 90 valence electrons. The van der Waals surface area contributed by atoms with Gasteiger partial charge in [0.2, 0.25) is 5.91 Å². The summed E-state index contributed by atoms with van der Waals surface area (Å²) < 4.78 is 0. The molecule has 5 heteroatoms. The number of anilines is 1. The number of nitrogens with one attached hydrogen (secondary N) is 1. The minimum absolute atomic E-state index is 0.151. The number of hydrogen-bond acceptors (Lipinski definition) is 3. The molecule has 0 bridgehead atoms. The van der Waals surface area contributed by atoms with Crippen molar-refractivity contribution >= 4 is 29.0 Å². The Morgan fingerprint density at radius 2 is 2.24 bits per heavy atom. The summed E-state index contributed by atoms with van der Waals surface area (Å²) in [5.41, 5.74) is 7.47. The normalized spacial score (nSPS) is 18.7. The lowest BCUT2D eigenvalue weighted by molar-refractivity contribution is -0.119. The highest BCUT2D eigenvalue weighted by Gasteiger charge is 2.30. The number of benzene rings is 1. The van der Waals surface area contributed by atoms with Gasteiger partial charge in [-0.15, -0.1) is 0 Å². The number of amides is 1. The van der Waals surface area contributed by atoms with Crippen LogP contribution in [-0.2, 0) is 11.2 Å². The molecule has 0 radical (unpaired) electrons. The van der Waals surface area contributed by atoms with Gasteiger partial charge in [-0.05, 0) is 30.5 Å². The topological polar surface area (TPSA) is 72.2 Å². The van der Waals surface area contributed by atoms with Gasteiger partial charge in [-0.25, -0.2) is 0 Å². The molecule has 2 rings (SSSR count). The van der Waals surface area contributed by atoms with Gasteiger partial charge in [-0.2, -0.15) is 0 Å². The largest absolute Gasteiger partial charge is 0.398 e. The van der Waals surface area contributed by atoms with Crippen molar-refractivity contribution in [3.63, 3.8) is 0 Å². The molecule has 0 aliphatic heterocycles. The van der Waals surface area contributed by atoms with Crippen LogP contribution in [-0.4, -0.2) is 17.7 Å². The lowest BCUT2D eigenvalue weighted by Gasteiger charge is -2.25. The molecule has 1 aliphatic carbocycles. The number of hydrogen-bond donors (Lipinski definition) is 2. The molecule has 3 N–H and O–H groups in total. The Labute approximate surface area is 104 Å². The van der Waals surface area contributed by atoms with Crippen molar-refractivity contribution < 1.29 is 9.59 Å². The fourth-order valence-electron chi connectivity index (χ4n) is 2.15. The summed E-state index contributed by atoms with van der Waals surface area (Å²) in [4.78, 5) is 23.2. The molecular formula is C12H13ClN2O2. The Bertz CT molecular complexity index is 500. The smallest absolute Gasteiger partial charge is 0.217 e. The molecular weight excluding hydrogens is 240 g/mol. The molecule has 1 unspecified atom stereocenters. The van der Waals surface area contributed by atoms with Crippen molar-refractivity contribution in [2.75, 3.05) is 5.73 Å². The lowest BCUT2D eigenvalue weighted by Crippen LogP contribution is -2.42. The van der Waals surface area contributed by atoms with Crippen molar-refractivity contribution in [1.82, 2.24) is 5.32 Å². The van der Waals surface area contributed by atoms with E-state index in [1.807, 2.05) is 0 Å². The Hall–Kier alpha value is -1.55. The fourth-order valence-corrected chi connectivity index (χ4v) is 2.40. The van der Waals surface area contributed by atoms with E-state index in [9.17, 15) is 9.59 Å². The number of Topliss-reactive ketones (excluding diaryl/α,β-unsaturated/α-hetero) is 1. The molecule has 0 fully saturated rings. The first-order chi connectivity index (χ1) is 8.00. The van der Waals surface area contributed by atoms with E-state index in [1.54, 1.807) is 12.1 Å². The van der Waals surface area contributed by atoms with E-state index in [0.717, 1.165) is 5.56 Å². The van der Waals surface area contributed by atoms with Gasteiger partial charge < -0.3 is 11.1 Å². The summed E-state index contributed by atoms with van der Waals surface area (Å²) in [6.45, 7) is 1.39. The number of nitrogens with two attached hydrogens (primary N) is 1. The van der Waals surface area contributed by atoms with Gasteiger partial charge in [-0.1, -0.05) is 11.6 Å². The Balaban J connectivity index is 2.41. The molecule has 4 nitrogen and oxygen atoms in total. The van der Waals surface area contributed by atoms with Crippen LogP contribution >= 0.6 is 11.6 Å². The highest BCUT2D eigenvalue weighted by Crippen LogP contribution is 2.31. The summed E-state index contributed by atoms with van der Waals surface area (Å²) >= 11 is 6.04. The van der Waals surface area contributed by atoms with Crippen LogP contribution in [0.4, 0.5) is 5.69 Å². The van der Waals surface area contributed by atoms with Gasteiger partial charge in [0.25, 0.3) is 0 Å². The first-order valence-electron chi connectivity index (χ1n) is 5.39. The molecule has 1 aromatic rings. The molecule has 1 atom stereocenters. The van der Waals surface area contributed by atoms with Gasteiger partial charge in [0.15, 0.2) is 5.78 Å². The number of nitrogen functional groups attached to an aromatic ring is 1. The standard InChI is InChI=1S/C12H13ClN2O2/c1-6(16)15-10-5-2-7-8(13)3-4-9(14)11(7)12(10)17/h3-4,10H,2,5,14H2,1H3,(H,15,16). The minimum atomic E-state index is -0.485. The number of halogens is 1. The van der Waals surface area contributed by atoms with Crippen LogP contribution in [0.3, 0.4) is 0 Å². The van der Waals surface area contributed by atoms with Gasteiger partial charge in [0.05, 0.1) is 6.04 Å². The molecule has 0 saturated carbocycles. The van der Waals surface area contributed by atoms with E-state index in [1.165, 1.54) is 6.92 Å². The van der Waals surface area contributed by atoms with Crippen molar-refractivity contribution in [3.05, 3.63) is 28.3 Å². The van der Waals surface area contributed by atoms with Crippen LogP contribution in [0, 0.1) is 0 Å². The summed E-state index contributed by atoms with van der Waals surface area (Å²) in [6.07, 6.45) is 1.21. The Kier molecular flexibility index (Phi) is 3.07. The Morgan fingerprint density at radius 1 is 1.53 bits per heavy atom. The zero-order valence-electron chi connectivity index (χ0n) is 9.42. The van der Waals surface area contributed by atoms with E-state index >= 15 is 0 Å². The number of carbonyl (C=O) groups excluding carboxylic acids is 2.